The molecular formula is C14H18BN3O3. The number of carbonyl (C=O) groups excluding carboxylic acids is 1. The van der Waals surface area contributed by atoms with Gasteiger partial charge < -0.3 is 15.9 Å². The topological polar surface area (TPSA) is 101 Å². The van der Waals surface area contributed by atoms with E-state index in [1.165, 1.54) is 6.07 Å². The Kier molecular flexibility index (Phi) is 4.04. The molecule has 0 aliphatic carbocycles. The molecule has 0 radical (unpaired) electrons. The van der Waals surface area contributed by atoms with Crippen molar-refractivity contribution < 1.29 is 15.0 Å². The number of rotatable bonds is 5. The Morgan fingerprint density at radius 3 is 2.76 bits per heavy atom. The Hall–Kier alpha value is -2.28. The van der Waals surface area contributed by atoms with Crippen molar-refractivity contribution in [2.45, 2.75) is 26.0 Å². The molecule has 1 heterocycles. The van der Waals surface area contributed by atoms with Gasteiger partial charge >= 0.3 is 0 Å². The van der Waals surface area contributed by atoms with Gasteiger partial charge in [-0.25, -0.2) is 0 Å². The van der Waals surface area contributed by atoms with Crippen LogP contribution in [0.4, 0.5) is 0 Å². The summed E-state index contributed by atoms with van der Waals surface area (Å²) in [5.74, 6) is -0.781. The van der Waals surface area contributed by atoms with Crippen LogP contribution in [0.15, 0.2) is 30.6 Å². The molecule has 1 aromatic heterocycles. The fourth-order valence-electron chi connectivity index (χ4n) is 2.11. The van der Waals surface area contributed by atoms with Gasteiger partial charge in [-0.2, -0.15) is 5.10 Å². The lowest BCUT2D eigenvalue weighted by Gasteiger charge is -2.16. The number of carbonyl (C=O) groups is 1. The molecule has 110 valence electrons. The fourth-order valence-corrected chi connectivity index (χ4v) is 2.11. The SMILES string of the molecule is CC(C)(O)Cn1cc(Bc2ccc(O)c(C(N)=O)c2)cn1. The quantitative estimate of drug-likeness (QED) is 0.604. The van der Waals surface area contributed by atoms with E-state index in [9.17, 15) is 15.0 Å². The second kappa shape index (κ2) is 5.61. The summed E-state index contributed by atoms with van der Waals surface area (Å²) in [5, 5.41) is 23.5. The van der Waals surface area contributed by atoms with E-state index >= 15 is 0 Å². The molecule has 0 unspecified atom stereocenters. The van der Waals surface area contributed by atoms with Crippen molar-refractivity contribution in [3.8, 4) is 5.75 Å². The highest BCUT2D eigenvalue weighted by Crippen LogP contribution is 2.13. The molecule has 2 rings (SSSR count). The lowest BCUT2D eigenvalue weighted by molar-refractivity contribution is 0.0577. The van der Waals surface area contributed by atoms with Crippen LogP contribution in [-0.2, 0) is 6.54 Å². The zero-order valence-corrected chi connectivity index (χ0v) is 12.1. The van der Waals surface area contributed by atoms with Crippen LogP contribution >= 0.6 is 0 Å². The largest absolute Gasteiger partial charge is 0.507 e. The monoisotopic (exact) mass is 287 g/mol. The van der Waals surface area contributed by atoms with Gasteiger partial charge in [-0.15, -0.1) is 0 Å². The number of phenols is 1. The molecule has 6 nitrogen and oxygen atoms in total. The van der Waals surface area contributed by atoms with Crippen LogP contribution in [0.3, 0.4) is 0 Å². The molecule has 0 spiro atoms. The van der Waals surface area contributed by atoms with Crippen LogP contribution in [0, 0.1) is 0 Å². The second-order valence-corrected chi connectivity index (χ2v) is 5.75. The number of hydrogen-bond donors (Lipinski definition) is 3. The Bertz CT molecular complexity index is 662. The molecule has 1 amide bonds. The second-order valence-electron chi connectivity index (χ2n) is 5.75. The Morgan fingerprint density at radius 2 is 2.14 bits per heavy atom. The highest BCUT2D eigenvalue weighted by Gasteiger charge is 2.15. The van der Waals surface area contributed by atoms with Gasteiger partial charge in [0.1, 0.15) is 5.75 Å². The van der Waals surface area contributed by atoms with Crippen LogP contribution in [0.1, 0.15) is 24.2 Å². The van der Waals surface area contributed by atoms with E-state index in [1.54, 1.807) is 36.9 Å². The zero-order chi connectivity index (χ0) is 15.6. The highest BCUT2D eigenvalue weighted by atomic mass is 16.3. The minimum absolute atomic E-state index is 0.108. The lowest BCUT2D eigenvalue weighted by atomic mass is 9.65. The minimum Gasteiger partial charge on any atom is -0.507 e. The predicted octanol–water partition coefficient (Wildman–Crippen LogP) is -1.15. The Balaban J connectivity index is 2.15. The van der Waals surface area contributed by atoms with Gasteiger partial charge in [0.15, 0.2) is 7.28 Å². The van der Waals surface area contributed by atoms with Gasteiger partial charge in [0.05, 0.1) is 17.7 Å². The van der Waals surface area contributed by atoms with Crippen molar-refractivity contribution in [3.05, 3.63) is 36.2 Å². The van der Waals surface area contributed by atoms with E-state index in [0.29, 0.717) is 13.8 Å². The average Bonchev–Trinajstić information content (AvgIpc) is 2.76. The Labute approximate surface area is 123 Å². The molecule has 1 aromatic carbocycles. The Morgan fingerprint density at radius 1 is 1.43 bits per heavy atom. The molecule has 0 bridgehead atoms. The molecule has 0 saturated heterocycles. The molecule has 0 fully saturated rings. The van der Waals surface area contributed by atoms with Crippen molar-refractivity contribution in [2.75, 3.05) is 0 Å². The smallest absolute Gasteiger partial charge is 0.252 e. The third-order valence-corrected chi connectivity index (χ3v) is 2.97. The van der Waals surface area contributed by atoms with E-state index < -0.39 is 11.5 Å². The summed E-state index contributed by atoms with van der Waals surface area (Å²) in [4.78, 5) is 11.2. The van der Waals surface area contributed by atoms with Crippen LogP contribution in [0.5, 0.6) is 5.75 Å². The van der Waals surface area contributed by atoms with Gasteiger partial charge in [0.2, 0.25) is 0 Å². The summed E-state index contributed by atoms with van der Waals surface area (Å²) in [7, 11) is 0.562. The number of aliphatic hydroxyl groups is 1. The first-order valence-corrected chi connectivity index (χ1v) is 6.60. The maximum Gasteiger partial charge on any atom is 0.252 e. The number of benzene rings is 1. The van der Waals surface area contributed by atoms with Crippen LogP contribution in [0.2, 0.25) is 0 Å². The number of primary amides is 1. The molecular weight excluding hydrogens is 269 g/mol. The van der Waals surface area contributed by atoms with E-state index in [4.69, 9.17) is 5.73 Å². The standard InChI is InChI=1S/C14H18BN3O3/c1-14(2,21)8-18-7-10(6-17-18)15-9-3-4-12(19)11(5-9)13(16)20/h3-7,15,19,21H,8H2,1-2H3,(H2,16,20). The van der Waals surface area contributed by atoms with Crippen molar-refractivity contribution >= 4 is 24.1 Å². The van der Waals surface area contributed by atoms with E-state index in [0.717, 1.165) is 10.9 Å². The summed E-state index contributed by atoms with van der Waals surface area (Å²) >= 11 is 0. The summed E-state index contributed by atoms with van der Waals surface area (Å²) in [6.07, 6.45) is 3.55. The van der Waals surface area contributed by atoms with Gasteiger partial charge in [-0.3, -0.25) is 9.48 Å². The van der Waals surface area contributed by atoms with Crippen LogP contribution in [-0.4, -0.2) is 38.8 Å². The highest BCUT2D eigenvalue weighted by molar-refractivity contribution is 6.67. The summed E-state index contributed by atoms with van der Waals surface area (Å²) in [6, 6.07) is 4.76. The molecule has 4 N–H and O–H groups in total. The van der Waals surface area contributed by atoms with Crippen LogP contribution in [0.25, 0.3) is 0 Å². The molecule has 7 heteroatoms. The number of amides is 1. The number of nitrogens with zero attached hydrogens (tertiary/aromatic N) is 2. The molecule has 2 aromatic rings. The van der Waals surface area contributed by atoms with Crippen LogP contribution < -0.4 is 16.7 Å². The van der Waals surface area contributed by atoms with Gasteiger partial charge in [0.25, 0.3) is 5.91 Å². The van der Waals surface area contributed by atoms with E-state index in [1.807, 2.05) is 6.20 Å². The third kappa shape index (κ3) is 4.09. The summed E-state index contributed by atoms with van der Waals surface area (Å²) in [5.41, 5.74) is 6.28. The van der Waals surface area contributed by atoms with Crippen molar-refractivity contribution in [1.82, 2.24) is 9.78 Å². The third-order valence-electron chi connectivity index (χ3n) is 2.97. The first-order chi connectivity index (χ1) is 9.74. The van der Waals surface area contributed by atoms with Crippen molar-refractivity contribution in [2.24, 2.45) is 5.73 Å². The minimum atomic E-state index is -0.832. The zero-order valence-electron chi connectivity index (χ0n) is 12.1. The van der Waals surface area contributed by atoms with Gasteiger partial charge in [0, 0.05) is 12.4 Å². The summed E-state index contributed by atoms with van der Waals surface area (Å²) in [6.45, 7) is 3.83. The normalized spacial score (nSPS) is 11.4. The molecule has 21 heavy (non-hydrogen) atoms. The number of hydrogen-bond acceptors (Lipinski definition) is 4. The van der Waals surface area contributed by atoms with E-state index in [-0.39, 0.29) is 11.3 Å². The van der Waals surface area contributed by atoms with Crippen molar-refractivity contribution in [3.63, 3.8) is 0 Å². The number of nitrogens with two attached hydrogens (primary N) is 1. The molecule has 0 aliphatic heterocycles. The molecule has 0 aliphatic rings. The molecule has 0 atom stereocenters. The lowest BCUT2D eigenvalue weighted by Crippen LogP contribution is -2.29. The first kappa shape index (κ1) is 15.1. The van der Waals surface area contributed by atoms with Gasteiger partial charge in [-0.1, -0.05) is 17.6 Å². The summed E-state index contributed by atoms with van der Waals surface area (Å²) < 4.78 is 1.67. The maximum absolute atomic E-state index is 11.2. The van der Waals surface area contributed by atoms with E-state index in [2.05, 4.69) is 5.10 Å². The maximum atomic E-state index is 11.2. The van der Waals surface area contributed by atoms with Gasteiger partial charge in [-0.05, 0) is 25.4 Å². The number of aromatic hydroxyl groups is 1. The van der Waals surface area contributed by atoms with Crippen molar-refractivity contribution in [1.29, 1.82) is 0 Å². The molecule has 0 saturated carbocycles. The predicted molar refractivity (Wildman–Crippen MR) is 81.6 cm³/mol. The fraction of sp³-hybridized carbons (Fsp3) is 0.286. The first-order valence-electron chi connectivity index (χ1n) is 6.60. The number of aromatic nitrogens is 2. The average molecular weight is 287 g/mol.